The van der Waals surface area contributed by atoms with E-state index in [0.29, 0.717) is 23.5 Å². The number of para-hydroxylation sites is 1. The summed E-state index contributed by atoms with van der Waals surface area (Å²) >= 11 is 0. The van der Waals surface area contributed by atoms with Crippen LogP contribution in [0.5, 0.6) is 5.75 Å². The number of methoxy groups -OCH3 is 1. The van der Waals surface area contributed by atoms with Gasteiger partial charge in [0.05, 0.1) is 24.8 Å². The van der Waals surface area contributed by atoms with Crippen LogP contribution in [0.25, 0.3) is 0 Å². The molecule has 23 heavy (non-hydrogen) atoms. The maximum atomic E-state index is 12.0. The van der Waals surface area contributed by atoms with Crippen molar-refractivity contribution in [1.82, 2.24) is 0 Å². The van der Waals surface area contributed by atoms with Gasteiger partial charge in [-0.2, -0.15) is 0 Å². The van der Waals surface area contributed by atoms with E-state index in [1.807, 2.05) is 18.2 Å². The lowest BCUT2D eigenvalue weighted by Gasteiger charge is -2.09. The summed E-state index contributed by atoms with van der Waals surface area (Å²) in [5.74, 6) is -0.217. The van der Waals surface area contributed by atoms with Crippen LogP contribution in [0, 0.1) is 0 Å². The summed E-state index contributed by atoms with van der Waals surface area (Å²) in [4.78, 5) is 23.6. The molecular weight excluding hydrogens is 296 g/mol. The molecule has 0 saturated carbocycles. The number of carbonyl (C=O) groups is 2. The van der Waals surface area contributed by atoms with Crippen LogP contribution in [0.2, 0.25) is 0 Å². The van der Waals surface area contributed by atoms with Gasteiger partial charge < -0.3 is 14.2 Å². The largest absolute Gasteiger partial charge is 0.496 e. The van der Waals surface area contributed by atoms with Crippen LogP contribution < -0.4 is 4.74 Å². The first-order chi connectivity index (χ1) is 11.2. The zero-order valence-electron chi connectivity index (χ0n) is 13.1. The molecule has 0 atom stereocenters. The molecule has 0 N–H and O–H groups in total. The van der Waals surface area contributed by atoms with Crippen molar-refractivity contribution in [3.8, 4) is 5.75 Å². The van der Waals surface area contributed by atoms with Gasteiger partial charge in [-0.25, -0.2) is 9.59 Å². The average molecular weight is 314 g/mol. The Labute approximate surface area is 134 Å². The van der Waals surface area contributed by atoms with E-state index in [1.54, 1.807) is 20.1 Å². The van der Waals surface area contributed by atoms with Crippen LogP contribution in [-0.4, -0.2) is 25.7 Å². The first-order valence-corrected chi connectivity index (χ1v) is 7.22. The Morgan fingerprint density at radius 2 is 1.43 bits per heavy atom. The third-order valence-corrected chi connectivity index (χ3v) is 3.18. The Balaban J connectivity index is 1.99. The van der Waals surface area contributed by atoms with E-state index >= 15 is 0 Å². The minimum Gasteiger partial charge on any atom is -0.496 e. The monoisotopic (exact) mass is 314 g/mol. The van der Waals surface area contributed by atoms with E-state index < -0.39 is 11.9 Å². The van der Waals surface area contributed by atoms with Crippen molar-refractivity contribution < 1.29 is 23.8 Å². The van der Waals surface area contributed by atoms with Gasteiger partial charge in [-0.1, -0.05) is 18.2 Å². The number of hydrogen-bond acceptors (Lipinski definition) is 5. The second kappa shape index (κ2) is 7.98. The van der Waals surface area contributed by atoms with Crippen LogP contribution in [-0.2, 0) is 16.1 Å². The van der Waals surface area contributed by atoms with Crippen LogP contribution in [0.3, 0.4) is 0 Å². The number of benzene rings is 2. The minimum atomic E-state index is -0.466. The minimum absolute atomic E-state index is 0.114. The van der Waals surface area contributed by atoms with Crippen molar-refractivity contribution in [2.45, 2.75) is 13.5 Å². The van der Waals surface area contributed by atoms with Crippen molar-refractivity contribution in [2.75, 3.05) is 13.7 Å². The fraction of sp³-hybridized carbons (Fsp3) is 0.222. The maximum absolute atomic E-state index is 12.0. The lowest BCUT2D eigenvalue weighted by Crippen LogP contribution is -2.08. The lowest BCUT2D eigenvalue weighted by atomic mass is 10.1. The van der Waals surface area contributed by atoms with Crippen molar-refractivity contribution in [1.29, 1.82) is 0 Å². The smallest absolute Gasteiger partial charge is 0.338 e. The summed E-state index contributed by atoms with van der Waals surface area (Å²) in [6.07, 6.45) is 0. The molecule has 0 aliphatic rings. The van der Waals surface area contributed by atoms with Gasteiger partial charge in [0.1, 0.15) is 12.4 Å². The quantitative estimate of drug-likeness (QED) is 0.766. The molecule has 0 heterocycles. The van der Waals surface area contributed by atoms with Gasteiger partial charge in [0.25, 0.3) is 0 Å². The number of ether oxygens (including phenoxy) is 3. The van der Waals surface area contributed by atoms with Crippen LogP contribution in [0.15, 0.2) is 48.5 Å². The summed E-state index contributed by atoms with van der Waals surface area (Å²) in [6.45, 7) is 2.16. The molecular formula is C18H18O5. The van der Waals surface area contributed by atoms with Crippen LogP contribution in [0.4, 0.5) is 0 Å². The first kappa shape index (κ1) is 16.5. The van der Waals surface area contributed by atoms with E-state index in [0.717, 1.165) is 5.56 Å². The molecule has 0 saturated heterocycles. The van der Waals surface area contributed by atoms with Crippen molar-refractivity contribution in [3.05, 3.63) is 65.2 Å². The SMILES string of the molecule is CCOC(=O)c1ccc(C(=O)OCc2ccccc2OC)cc1. The van der Waals surface area contributed by atoms with Gasteiger partial charge in [-0.05, 0) is 37.3 Å². The Bertz CT molecular complexity index is 676. The van der Waals surface area contributed by atoms with Crippen molar-refractivity contribution >= 4 is 11.9 Å². The fourth-order valence-corrected chi connectivity index (χ4v) is 2.01. The number of rotatable bonds is 6. The summed E-state index contributed by atoms with van der Waals surface area (Å²) in [6, 6.07) is 13.5. The second-order valence-corrected chi connectivity index (χ2v) is 4.69. The van der Waals surface area contributed by atoms with Gasteiger partial charge in [-0.3, -0.25) is 0 Å². The third-order valence-electron chi connectivity index (χ3n) is 3.18. The predicted octanol–water partition coefficient (Wildman–Crippen LogP) is 3.23. The van der Waals surface area contributed by atoms with Gasteiger partial charge >= 0.3 is 11.9 Å². The van der Waals surface area contributed by atoms with Gasteiger partial charge in [0.2, 0.25) is 0 Å². The first-order valence-electron chi connectivity index (χ1n) is 7.22. The maximum Gasteiger partial charge on any atom is 0.338 e. The highest BCUT2D eigenvalue weighted by atomic mass is 16.5. The summed E-state index contributed by atoms with van der Waals surface area (Å²) in [5, 5.41) is 0. The van der Waals surface area contributed by atoms with E-state index in [-0.39, 0.29) is 6.61 Å². The molecule has 2 aromatic carbocycles. The lowest BCUT2D eigenvalue weighted by molar-refractivity contribution is 0.0466. The van der Waals surface area contributed by atoms with Gasteiger partial charge in [-0.15, -0.1) is 0 Å². The highest BCUT2D eigenvalue weighted by Crippen LogP contribution is 2.18. The number of esters is 2. The molecule has 5 nitrogen and oxygen atoms in total. The molecule has 0 aliphatic heterocycles. The summed E-state index contributed by atoms with van der Waals surface area (Å²) in [7, 11) is 1.56. The van der Waals surface area contributed by atoms with Crippen LogP contribution in [0.1, 0.15) is 33.2 Å². The second-order valence-electron chi connectivity index (χ2n) is 4.69. The average Bonchev–Trinajstić information content (AvgIpc) is 2.60. The molecule has 0 amide bonds. The third kappa shape index (κ3) is 4.32. The van der Waals surface area contributed by atoms with E-state index in [2.05, 4.69) is 0 Å². The topological polar surface area (TPSA) is 61.8 Å². The normalized spacial score (nSPS) is 10.0. The highest BCUT2D eigenvalue weighted by molar-refractivity contribution is 5.93. The molecule has 0 fully saturated rings. The Morgan fingerprint density at radius 1 is 0.870 bits per heavy atom. The summed E-state index contributed by atoms with van der Waals surface area (Å²) < 4.78 is 15.4. The van der Waals surface area contributed by atoms with Crippen molar-refractivity contribution in [3.63, 3.8) is 0 Å². The van der Waals surface area contributed by atoms with E-state index in [4.69, 9.17) is 14.2 Å². The van der Waals surface area contributed by atoms with E-state index in [9.17, 15) is 9.59 Å². The molecule has 2 aromatic rings. The zero-order valence-corrected chi connectivity index (χ0v) is 13.1. The zero-order chi connectivity index (χ0) is 16.7. The molecule has 2 rings (SSSR count). The molecule has 0 radical (unpaired) electrons. The molecule has 5 heteroatoms. The fourth-order valence-electron chi connectivity index (χ4n) is 2.01. The molecule has 0 aromatic heterocycles. The molecule has 0 spiro atoms. The number of carbonyl (C=O) groups excluding carboxylic acids is 2. The molecule has 0 aliphatic carbocycles. The standard InChI is InChI=1S/C18H18O5/c1-3-22-17(19)13-8-10-14(11-9-13)18(20)23-12-15-6-4-5-7-16(15)21-2/h4-11H,3,12H2,1-2H3. The van der Waals surface area contributed by atoms with Crippen molar-refractivity contribution in [2.24, 2.45) is 0 Å². The highest BCUT2D eigenvalue weighted by Gasteiger charge is 2.11. The Kier molecular flexibility index (Phi) is 5.74. The van der Waals surface area contributed by atoms with E-state index in [1.165, 1.54) is 24.3 Å². The van der Waals surface area contributed by atoms with Gasteiger partial charge in [0.15, 0.2) is 0 Å². The predicted molar refractivity (Wildman–Crippen MR) is 84.5 cm³/mol. The van der Waals surface area contributed by atoms with Gasteiger partial charge in [0, 0.05) is 5.56 Å². The summed E-state index contributed by atoms with van der Waals surface area (Å²) in [5.41, 5.74) is 1.55. The Hall–Kier alpha value is -2.82. The molecule has 0 bridgehead atoms. The van der Waals surface area contributed by atoms with Crippen LogP contribution >= 0.6 is 0 Å². The molecule has 0 unspecified atom stereocenters. The molecule has 120 valence electrons. The Morgan fingerprint density at radius 3 is 2.00 bits per heavy atom. The number of hydrogen-bond donors (Lipinski definition) is 0.